The molecule has 1 saturated heterocycles. The number of hydrogen-bond donors (Lipinski definition) is 1. The Balaban J connectivity index is 1.55. The van der Waals surface area contributed by atoms with Gasteiger partial charge in [0.15, 0.2) is 11.5 Å². The number of carbonyl (C=O) groups excluding carboxylic acids is 2. The number of halogens is 1. The highest BCUT2D eigenvalue weighted by molar-refractivity contribution is 5.96. The van der Waals surface area contributed by atoms with Crippen LogP contribution in [0.15, 0.2) is 42.5 Å². The number of amides is 2. The number of carbonyl (C=O) groups is 2. The Bertz CT molecular complexity index is 931. The number of fused-ring (bicyclic) bond motifs is 1. The highest BCUT2D eigenvalue weighted by atomic mass is 19.1. The number of unbranched alkanes of at least 4 members (excludes halogenated alkanes) is 1. The standard InChI is InChI=1S/C23H25FN2O4/c1-2-3-10-25-22(27)19-13-26(12-18(19)15-4-7-17(24)8-5-15)23(28)16-6-9-20-21(11-16)30-14-29-20/h4-9,11,18-19H,2-3,10,12-14H2,1H3,(H,25,27). The van der Waals surface area contributed by atoms with Crippen molar-refractivity contribution in [3.63, 3.8) is 0 Å². The van der Waals surface area contributed by atoms with E-state index in [9.17, 15) is 14.0 Å². The largest absolute Gasteiger partial charge is 0.454 e. The van der Waals surface area contributed by atoms with Crippen molar-refractivity contribution in [2.75, 3.05) is 26.4 Å². The first-order valence-corrected chi connectivity index (χ1v) is 10.3. The summed E-state index contributed by atoms with van der Waals surface area (Å²) >= 11 is 0. The van der Waals surface area contributed by atoms with Gasteiger partial charge in [-0.15, -0.1) is 0 Å². The van der Waals surface area contributed by atoms with Gasteiger partial charge in [-0.2, -0.15) is 0 Å². The van der Waals surface area contributed by atoms with Crippen LogP contribution >= 0.6 is 0 Å². The monoisotopic (exact) mass is 412 g/mol. The molecule has 158 valence electrons. The van der Waals surface area contributed by atoms with Crippen molar-refractivity contribution in [1.29, 1.82) is 0 Å². The molecule has 7 heteroatoms. The predicted molar refractivity (Wildman–Crippen MR) is 109 cm³/mol. The zero-order valence-electron chi connectivity index (χ0n) is 16.9. The minimum atomic E-state index is -0.384. The highest BCUT2D eigenvalue weighted by Crippen LogP contribution is 2.36. The lowest BCUT2D eigenvalue weighted by atomic mass is 9.88. The molecule has 2 aliphatic rings. The van der Waals surface area contributed by atoms with E-state index in [2.05, 4.69) is 12.2 Å². The van der Waals surface area contributed by atoms with Crippen LogP contribution in [0.25, 0.3) is 0 Å². The van der Waals surface area contributed by atoms with Crippen molar-refractivity contribution in [2.24, 2.45) is 5.92 Å². The van der Waals surface area contributed by atoms with Crippen LogP contribution in [0.5, 0.6) is 11.5 Å². The Morgan fingerprint density at radius 2 is 1.87 bits per heavy atom. The molecule has 2 aromatic rings. The van der Waals surface area contributed by atoms with E-state index in [0.717, 1.165) is 18.4 Å². The molecule has 0 saturated carbocycles. The molecule has 4 rings (SSSR count). The number of nitrogens with one attached hydrogen (secondary N) is 1. The van der Waals surface area contributed by atoms with E-state index in [4.69, 9.17) is 9.47 Å². The summed E-state index contributed by atoms with van der Waals surface area (Å²) in [4.78, 5) is 27.7. The van der Waals surface area contributed by atoms with E-state index in [0.29, 0.717) is 36.7 Å². The average Bonchev–Trinajstić information content (AvgIpc) is 3.40. The molecule has 2 amide bonds. The summed E-state index contributed by atoms with van der Waals surface area (Å²) < 4.78 is 24.1. The number of ether oxygens (including phenoxy) is 2. The van der Waals surface area contributed by atoms with Crippen LogP contribution in [0.1, 0.15) is 41.6 Å². The molecule has 2 aromatic carbocycles. The van der Waals surface area contributed by atoms with Gasteiger partial charge in [0.05, 0.1) is 5.92 Å². The topological polar surface area (TPSA) is 67.9 Å². The third-order valence-electron chi connectivity index (χ3n) is 5.69. The fourth-order valence-corrected chi connectivity index (χ4v) is 4.01. The van der Waals surface area contributed by atoms with Crippen LogP contribution in [-0.2, 0) is 4.79 Å². The number of benzene rings is 2. The van der Waals surface area contributed by atoms with Crippen molar-refractivity contribution < 1.29 is 23.5 Å². The van der Waals surface area contributed by atoms with Crippen LogP contribution in [0.3, 0.4) is 0 Å². The summed E-state index contributed by atoms with van der Waals surface area (Å²) in [6.45, 7) is 3.52. The first-order valence-electron chi connectivity index (χ1n) is 10.3. The zero-order valence-corrected chi connectivity index (χ0v) is 16.9. The van der Waals surface area contributed by atoms with Crippen LogP contribution in [0.4, 0.5) is 4.39 Å². The number of nitrogens with zero attached hydrogens (tertiary/aromatic N) is 1. The van der Waals surface area contributed by atoms with Crippen molar-refractivity contribution >= 4 is 11.8 Å². The smallest absolute Gasteiger partial charge is 0.254 e. The van der Waals surface area contributed by atoms with Crippen LogP contribution < -0.4 is 14.8 Å². The van der Waals surface area contributed by atoms with E-state index in [-0.39, 0.29) is 36.3 Å². The van der Waals surface area contributed by atoms with Crippen molar-refractivity contribution in [2.45, 2.75) is 25.7 Å². The lowest BCUT2D eigenvalue weighted by Gasteiger charge is -2.18. The van der Waals surface area contributed by atoms with Crippen molar-refractivity contribution in [1.82, 2.24) is 10.2 Å². The molecule has 0 bridgehead atoms. The third-order valence-corrected chi connectivity index (χ3v) is 5.69. The summed E-state index contributed by atoms with van der Waals surface area (Å²) in [7, 11) is 0. The Morgan fingerprint density at radius 1 is 1.10 bits per heavy atom. The van der Waals surface area contributed by atoms with Gasteiger partial charge in [-0.3, -0.25) is 9.59 Å². The van der Waals surface area contributed by atoms with Gasteiger partial charge in [-0.05, 0) is 42.3 Å². The zero-order chi connectivity index (χ0) is 21.1. The molecule has 30 heavy (non-hydrogen) atoms. The number of hydrogen-bond acceptors (Lipinski definition) is 4. The van der Waals surface area contributed by atoms with Gasteiger partial charge in [0.25, 0.3) is 5.91 Å². The SMILES string of the molecule is CCCCNC(=O)C1CN(C(=O)c2ccc3c(c2)OCO3)CC1c1ccc(F)cc1. The second kappa shape index (κ2) is 8.73. The lowest BCUT2D eigenvalue weighted by molar-refractivity contribution is -0.124. The summed E-state index contributed by atoms with van der Waals surface area (Å²) in [5, 5.41) is 2.98. The summed E-state index contributed by atoms with van der Waals surface area (Å²) in [6.07, 6.45) is 1.89. The maximum atomic E-state index is 13.4. The minimum Gasteiger partial charge on any atom is -0.454 e. The molecule has 2 heterocycles. The number of rotatable bonds is 6. The number of likely N-dealkylation sites (tertiary alicyclic amines) is 1. The minimum absolute atomic E-state index is 0.0706. The fraction of sp³-hybridized carbons (Fsp3) is 0.391. The average molecular weight is 412 g/mol. The fourth-order valence-electron chi connectivity index (χ4n) is 4.01. The second-order valence-electron chi connectivity index (χ2n) is 7.69. The first-order chi connectivity index (χ1) is 14.6. The van der Waals surface area contributed by atoms with Gasteiger partial charge in [-0.25, -0.2) is 4.39 Å². The van der Waals surface area contributed by atoms with Crippen molar-refractivity contribution in [3.05, 3.63) is 59.4 Å². The van der Waals surface area contributed by atoms with Gasteiger partial charge in [0.2, 0.25) is 12.7 Å². The summed E-state index contributed by atoms with van der Waals surface area (Å²) in [5.74, 6) is 0.0295. The van der Waals surface area contributed by atoms with Gasteiger partial charge >= 0.3 is 0 Å². The van der Waals surface area contributed by atoms with E-state index >= 15 is 0 Å². The van der Waals surface area contributed by atoms with Gasteiger partial charge in [0.1, 0.15) is 5.82 Å². The van der Waals surface area contributed by atoms with Gasteiger partial charge < -0.3 is 19.7 Å². The molecule has 1 fully saturated rings. The Kier molecular flexibility index (Phi) is 5.88. The first kappa shape index (κ1) is 20.2. The van der Waals surface area contributed by atoms with E-state index in [1.807, 2.05) is 0 Å². The molecule has 0 spiro atoms. The summed E-state index contributed by atoms with van der Waals surface area (Å²) in [5.41, 5.74) is 1.34. The van der Waals surface area contributed by atoms with Gasteiger partial charge in [0, 0.05) is 31.1 Å². The van der Waals surface area contributed by atoms with Crippen LogP contribution in [-0.4, -0.2) is 43.1 Å². The molecule has 6 nitrogen and oxygen atoms in total. The van der Waals surface area contributed by atoms with Gasteiger partial charge in [-0.1, -0.05) is 25.5 Å². The normalized spacial score (nSPS) is 19.7. The Hall–Kier alpha value is -3.09. The molecule has 1 N–H and O–H groups in total. The van der Waals surface area contributed by atoms with E-state index in [1.165, 1.54) is 12.1 Å². The molecular formula is C23H25FN2O4. The molecule has 0 aliphatic carbocycles. The quantitative estimate of drug-likeness (QED) is 0.739. The third kappa shape index (κ3) is 4.10. The highest BCUT2D eigenvalue weighted by Gasteiger charge is 2.40. The van der Waals surface area contributed by atoms with Crippen LogP contribution in [0, 0.1) is 11.7 Å². The lowest BCUT2D eigenvalue weighted by Crippen LogP contribution is -2.36. The maximum Gasteiger partial charge on any atom is 0.254 e. The van der Waals surface area contributed by atoms with Crippen LogP contribution in [0.2, 0.25) is 0 Å². The molecule has 0 radical (unpaired) electrons. The Morgan fingerprint density at radius 3 is 2.63 bits per heavy atom. The summed E-state index contributed by atoms with van der Waals surface area (Å²) in [6, 6.07) is 11.3. The van der Waals surface area contributed by atoms with E-state index in [1.54, 1.807) is 35.2 Å². The molecule has 2 atom stereocenters. The maximum absolute atomic E-state index is 13.4. The second-order valence-corrected chi connectivity index (χ2v) is 7.69. The van der Waals surface area contributed by atoms with Crippen molar-refractivity contribution in [3.8, 4) is 11.5 Å². The molecule has 0 aromatic heterocycles. The predicted octanol–water partition coefficient (Wildman–Crippen LogP) is 3.33. The molecule has 2 unspecified atom stereocenters. The van der Waals surface area contributed by atoms with E-state index < -0.39 is 0 Å². The Labute approximate surface area is 175 Å². The molecular weight excluding hydrogens is 387 g/mol. The molecule has 2 aliphatic heterocycles.